The summed E-state index contributed by atoms with van der Waals surface area (Å²) >= 11 is 0. The molecule has 7 nitrogen and oxygen atoms in total. The Hall–Kier alpha value is -2.25. The minimum Gasteiger partial charge on any atom is -0.472 e. The van der Waals surface area contributed by atoms with Crippen LogP contribution in [0.2, 0.25) is 0 Å². The van der Waals surface area contributed by atoms with Crippen LogP contribution in [-0.2, 0) is 22.3 Å². The molecular weight excluding hydrogens is 324 g/mol. The maximum absolute atomic E-state index is 12.4. The molecule has 25 heavy (non-hydrogen) atoms. The van der Waals surface area contributed by atoms with E-state index in [0.717, 1.165) is 11.1 Å². The van der Waals surface area contributed by atoms with Crippen LogP contribution < -0.4 is 10.6 Å². The minimum atomic E-state index is -0.706. The zero-order valence-corrected chi connectivity index (χ0v) is 14.2. The largest absolute Gasteiger partial charge is 0.472 e. The summed E-state index contributed by atoms with van der Waals surface area (Å²) in [4.78, 5) is 12.4. The molecule has 0 aliphatic carbocycles. The number of carbonyl (C=O) groups is 1. The summed E-state index contributed by atoms with van der Waals surface area (Å²) < 4.78 is 22.6. The third-order valence-corrected chi connectivity index (χ3v) is 4.66. The van der Waals surface area contributed by atoms with Crippen molar-refractivity contribution in [2.45, 2.75) is 56.8 Å². The fraction of sp³-hybridized carbons (Fsp3) is 0.500. The van der Waals surface area contributed by atoms with Crippen LogP contribution in [0.15, 0.2) is 46.0 Å². The third-order valence-electron chi connectivity index (χ3n) is 4.66. The van der Waals surface area contributed by atoms with Crippen molar-refractivity contribution in [3.63, 3.8) is 0 Å². The van der Waals surface area contributed by atoms with Crippen LogP contribution in [-0.4, -0.2) is 36.1 Å². The van der Waals surface area contributed by atoms with Crippen molar-refractivity contribution >= 4 is 6.03 Å². The Kier molecular flexibility index (Phi) is 4.05. The van der Waals surface area contributed by atoms with Crippen LogP contribution >= 0.6 is 0 Å². The Balaban J connectivity index is 1.60. The van der Waals surface area contributed by atoms with Gasteiger partial charge in [-0.25, -0.2) is 4.79 Å². The Bertz CT molecular complexity index is 652. The molecule has 2 aliphatic heterocycles. The van der Waals surface area contributed by atoms with Crippen LogP contribution in [0.25, 0.3) is 0 Å². The van der Waals surface area contributed by atoms with Gasteiger partial charge in [-0.3, -0.25) is 0 Å². The highest BCUT2D eigenvalue weighted by atomic mass is 16.8. The molecule has 0 aromatic carbocycles. The minimum absolute atomic E-state index is 0.210. The van der Waals surface area contributed by atoms with E-state index in [1.54, 1.807) is 25.1 Å². The Labute approximate surface area is 145 Å². The summed E-state index contributed by atoms with van der Waals surface area (Å²) in [6.07, 6.45) is 7.32. The van der Waals surface area contributed by atoms with Crippen LogP contribution in [0.4, 0.5) is 4.79 Å². The molecule has 4 atom stereocenters. The van der Waals surface area contributed by atoms with Crippen molar-refractivity contribution in [2.75, 3.05) is 0 Å². The third kappa shape index (κ3) is 3.43. The number of ether oxygens (including phenoxy) is 2. The van der Waals surface area contributed by atoms with Gasteiger partial charge in [0.05, 0.1) is 37.1 Å². The lowest BCUT2D eigenvalue weighted by Crippen LogP contribution is -2.47. The molecule has 2 N–H and O–H groups in total. The summed E-state index contributed by atoms with van der Waals surface area (Å²) in [6, 6.07) is 3.14. The first kappa shape index (κ1) is 16.2. The van der Waals surface area contributed by atoms with E-state index in [9.17, 15) is 4.79 Å². The van der Waals surface area contributed by atoms with Crippen molar-refractivity contribution in [1.82, 2.24) is 10.6 Å². The second kappa shape index (κ2) is 6.24. The first-order valence-corrected chi connectivity index (χ1v) is 8.45. The van der Waals surface area contributed by atoms with E-state index in [1.807, 2.05) is 26.0 Å². The highest BCUT2D eigenvalue weighted by molar-refractivity contribution is 5.75. The topological polar surface area (TPSA) is 85.9 Å². The zero-order valence-electron chi connectivity index (χ0n) is 14.2. The van der Waals surface area contributed by atoms with E-state index < -0.39 is 5.79 Å². The van der Waals surface area contributed by atoms with Crippen LogP contribution in [0, 0.1) is 0 Å². The molecule has 2 saturated heterocycles. The molecule has 2 aliphatic rings. The van der Waals surface area contributed by atoms with E-state index >= 15 is 0 Å². The Morgan fingerprint density at radius 1 is 0.920 bits per heavy atom. The summed E-state index contributed by atoms with van der Waals surface area (Å²) in [5, 5.41) is 6.03. The lowest BCUT2D eigenvalue weighted by atomic mass is 9.93. The fourth-order valence-corrected chi connectivity index (χ4v) is 3.64. The zero-order chi connectivity index (χ0) is 17.4. The number of hydrogen-bond donors (Lipinski definition) is 2. The highest BCUT2D eigenvalue weighted by Gasteiger charge is 2.50. The average Bonchev–Trinajstić information content (AvgIpc) is 3.25. The summed E-state index contributed by atoms with van der Waals surface area (Å²) in [5.74, 6) is -0.706. The molecule has 0 unspecified atom stereocenters. The van der Waals surface area contributed by atoms with Gasteiger partial charge in [-0.1, -0.05) is 0 Å². The number of urea groups is 1. The Morgan fingerprint density at radius 2 is 1.40 bits per heavy atom. The Morgan fingerprint density at radius 3 is 1.80 bits per heavy atom. The lowest BCUT2D eigenvalue weighted by molar-refractivity contribution is -0.150. The van der Waals surface area contributed by atoms with Gasteiger partial charge in [0, 0.05) is 0 Å². The van der Waals surface area contributed by atoms with Crippen molar-refractivity contribution in [1.29, 1.82) is 0 Å². The summed E-state index contributed by atoms with van der Waals surface area (Å²) in [7, 11) is 0. The quantitative estimate of drug-likeness (QED) is 0.887. The van der Waals surface area contributed by atoms with Gasteiger partial charge in [-0.05, 0) is 49.9 Å². The molecule has 2 fully saturated rings. The van der Waals surface area contributed by atoms with Crippen molar-refractivity contribution in [3.05, 3.63) is 48.3 Å². The average molecular weight is 346 g/mol. The van der Waals surface area contributed by atoms with Gasteiger partial charge in [0.2, 0.25) is 0 Å². The number of hydrogen-bond acceptors (Lipinski definition) is 5. The second-order valence-electron chi connectivity index (χ2n) is 7.07. The normalized spacial score (nSPS) is 31.0. The molecule has 0 saturated carbocycles. The molecule has 0 radical (unpaired) electrons. The van der Waals surface area contributed by atoms with E-state index in [2.05, 4.69) is 10.6 Å². The molecule has 2 amide bonds. The SMILES string of the molecule is CC1(C)O[C@@H]2[C@@H](O1)[C@@H](Cc1ccoc1)NC(=O)N[C@@H]2Cc1ccoc1. The van der Waals surface area contributed by atoms with Gasteiger partial charge in [0.1, 0.15) is 12.2 Å². The van der Waals surface area contributed by atoms with Crippen molar-refractivity contribution in [3.8, 4) is 0 Å². The first-order chi connectivity index (χ1) is 12.0. The number of fused-ring (bicyclic) bond motifs is 1. The van der Waals surface area contributed by atoms with E-state index in [4.69, 9.17) is 18.3 Å². The van der Waals surface area contributed by atoms with E-state index in [-0.39, 0.29) is 30.3 Å². The standard InChI is InChI=1S/C18H22N2O5/c1-18(2)24-15-13(7-11-3-5-22-9-11)19-17(21)20-14(16(15)25-18)8-12-4-6-23-10-12/h3-6,9-10,13-16H,7-8H2,1-2H3,(H2,19,20,21)/t13-,14-,15+,16+/m1/s1. The molecule has 7 heteroatoms. The number of nitrogens with one attached hydrogen (secondary N) is 2. The van der Waals surface area contributed by atoms with Gasteiger partial charge < -0.3 is 28.9 Å². The van der Waals surface area contributed by atoms with Crippen LogP contribution in [0.3, 0.4) is 0 Å². The lowest BCUT2D eigenvalue weighted by Gasteiger charge is -2.25. The monoisotopic (exact) mass is 346 g/mol. The summed E-state index contributed by atoms with van der Waals surface area (Å²) in [6.45, 7) is 3.79. The van der Waals surface area contributed by atoms with Crippen molar-refractivity contribution < 1.29 is 23.1 Å². The van der Waals surface area contributed by atoms with E-state index in [1.165, 1.54) is 0 Å². The molecule has 134 valence electrons. The number of furan rings is 2. The van der Waals surface area contributed by atoms with E-state index in [0.29, 0.717) is 12.8 Å². The van der Waals surface area contributed by atoms with Crippen LogP contribution in [0.5, 0.6) is 0 Å². The molecule has 4 heterocycles. The van der Waals surface area contributed by atoms with Crippen molar-refractivity contribution in [2.24, 2.45) is 0 Å². The van der Waals surface area contributed by atoms with Gasteiger partial charge in [0.25, 0.3) is 0 Å². The molecule has 0 spiro atoms. The van der Waals surface area contributed by atoms with Crippen LogP contribution in [0.1, 0.15) is 25.0 Å². The van der Waals surface area contributed by atoms with Gasteiger partial charge in [0.15, 0.2) is 5.79 Å². The summed E-state index contributed by atoms with van der Waals surface area (Å²) in [5.41, 5.74) is 2.01. The smallest absolute Gasteiger partial charge is 0.315 e. The molecular formula is C18H22N2O5. The number of amides is 2. The molecule has 2 aromatic rings. The maximum atomic E-state index is 12.4. The first-order valence-electron chi connectivity index (χ1n) is 8.45. The maximum Gasteiger partial charge on any atom is 0.315 e. The second-order valence-corrected chi connectivity index (χ2v) is 7.07. The van der Waals surface area contributed by atoms with Gasteiger partial charge in [-0.2, -0.15) is 0 Å². The molecule has 4 rings (SSSR count). The van der Waals surface area contributed by atoms with Gasteiger partial charge in [-0.15, -0.1) is 0 Å². The fourth-order valence-electron chi connectivity index (χ4n) is 3.64. The number of carbonyl (C=O) groups excluding carboxylic acids is 1. The molecule has 0 bridgehead atoms. The highest BCUT2D eigenvalue weighted by Crippen LogP contribution is 2.34. The molecule has 2 aromatic heterocycles. The predicted octanol–water partition coefficient (Wildman–Crippen LogP) is 2.23. The predicted molar refractivity (Wildman–Crippen MR) is 87.9 cm³/mol. The number of rotatable bonds is 4. The van der Waals surface area contributed by atoms with Gasteiger partial charge >= 0.3 is 6.03 Å².